The summed E-state index contributed by atoms with van der Waals surface area (Å²) in [5, 5.41) is 7.47. The predicted molar refractivity (Wildman–Crippen MR) is 77.4 cm³/mol. The number of fused-ring (bicyclic) bond motifs is 1. The molecule has 1 aliphatic heterocycles. The van der Waals surface area contributed by atoms with Gasteiger partial charge in [0.15, 0.2) is 5.82 Å². The first kappa shape index (κ1) is 13.3. The molecule has 0 saturated heterocycles. The molecule has 0 amide bonds. The Bertz CT molecular complexity index is 591. The highest BCUT2D eigenvalue weighted by Gasteiger charge is 2.17. The number of hydrogen-bond donors (Lipinski definition) is 1. The quantitative estimate of drug-likeness (QED) is 0.914. The van der Waals surface area contributed by atoms with E-state index in [4.69, 9.17) is 4.52 Å². The van der Waals surface area contributed by atoms with E-state index in [2.05, 4.69) is 38.6 Å². The van der Waals surface area contributed by atoms with Gasteiger partial charge in [-0.25, -0.2) is 0 Å². The molecule has 0 aliphatic carbocycles. The van der Waals surface area contributed by atoms with Crippen molar-refractivity contribution in [2.45, 2.75) is 19.4 Å². The van der Waals surface area contributed by atoms with Crippen LogP contribution in [0.5, 0.6) is 0 Å². The Balaban J connectivity index is 1.86. The second-order valence-electron chi connectivity index (χ2n) is 5.44. The van der Waals surface area contributed by atoms with Gasteiger partial charge in [-0.15, -0.1) is 0 Å². The Morgan fingerprint density at radius 2 is 2.25 bits per heavy atom. The summed E-state index contributed by atoms with van der Waals surface area (Å²) in [7, 11) is 4.09. The minimum atomic E-state index is 0.650. The summed E-state index contributed by atoms with van der Waals surface area (Å²) in [4.78, 5) is 6.65. The summed E-state index contributed by atoms with van der Waals surface area (Å²) >= 11 is 0. The molecule has 0 radical (unpaired) electrons. The lowest BCUT2D eigenvalue weighted by molar-refractivity contribution is 0.392. The van der Waals surface area contributed by atoms with Gasteiger partial charge in [-0.05, 0) is 44.3 Å². The summed E-state index contributed by atoms with van der Waals surface area (Å²) in [5.74, 6) is 1.43. The van der Waals surface area contributed by atoms with E-state index in [0.29, 0.717) is 5.89 Å². The Kier molecular flexibility index (Phi) is 3.80. The zero-order valence-electron chi connectivity index (χ0n) is 12.0. The molecule has 0 atom stereocenters. The third-order valence-electron chi connectivity index (χ3n) is 3.62. The molecule has 5 nitrogen and oxygen atoms in total. The Labute approximate surface area is 119 Å². The van der Waals surface area contributed by atoms with Crippen LogP contribution in [0.4, 0.5) is 0 Å². The molecule has 0 saturated carbocycles. The molecular formula is C15H20N4O. The molecule has 0 fully saturated rings. The topological polar surface area (TPSA) is 54.2 Å². The van der Waals surface area contributed by atoms with Gasteiger partial charge in [-0.2, -0.15) is 4.98 Å². The molecule has 20 heavy (non-hydrogen) atoms. The number of likely N-dealkylation sites (N-methyl/N-ethyl adjacent to an activating group) is 1. The molecule has 2 aromatic rings. The van der Waals surface area contributed by atoms with Crippen molar-refractivity contribution in [3.05, 3.63) is 35.2 Å². The zero-order valence-corrected chi connectivity index (χ0v) is 12.0. The first-order valence-corrected chi connectivity index (χ1v) is 7.03. The molecule has 1 aromatic carbocycles. The third-order valence-corrected chi connectivity index (χ3v) is 3.62. The van der Waals surface area contributed by atoms with Gasteiger partial charge < -0.3 is 14.7 Å². The van der Waals surface area contributed by atoms with Gasteiger partial charge in [0.1, 0.15) is 0 Å². The molecule has 0 spiro atoms. The van der Waals surface area contributed by atoms with Crippen LogP contribution in [-0.4, -0.2) is 42.2 Å². The lowest BCUT2D eigenvalue weighted by atomic mass is 9.95. The third kappa shape index (κ3) is 2.73. The number of benzene rings is 1. The van der Waals surface area contributed by atoms with E-state index in [1.165, 1.54) is 11.1 Å². The van der Waals surface area contributed by atoms with Gasteiger partial charge in [0.25, 0.3) is 5.89 Å². The molecule has 1 aliphatic rings. The number of hydrogen-bond acceptors (Lipinski definition) is 5. The molecule has 1 aromatic heterocycles. The molecule has 5 heteroatoms. The molecular weight excluding hydrogens is 252 g/mol. The van der Waals surface area contributed by atoms with Crippen LogP contribution in [0.15, 0.2) is 22.7 Å². The summed E-state index contributed by atoms with van der Waals surface area (Å²) in [6, 6.07) is 6.30. The molecule has 1 N–H and O–H groups in total. The van der Waals surface area contributed by atoms with Crippen LogP contribution in [0.2, 0.25) is 0 Å². The Morgan fingerprint density at radius 3 is 3.10 bits per heavy atom. The summed E-state index contributed by atoms with van der Waals surface area (Å²) in [5.41, 5.74) is 3.77. The highest BCUT2D eigenvalue weighted by molar-refractivity contribution is 5.61. The maximum Gasteiger partial charge on any atom is 0.258 e. The molecule has 0 bridgehead atoms. The van der Waals surface area contributed by atoms with Crippen LogP contribution in [0.3, 0.4) is 0 Å². The number of nitrogens with zero attached hydrogens (tertiary/aromatic N) is 3. The van der Waals surface area contributed by atoms with Crippen molar-refractivity contribution < 1.29 is 4.52 Å². The van der Waals surface area contributed by atoms with Crippen LogP contribution in [0.25, 0.3) is 11.5 Å². The molecule has 2 heterocycles. The minimum Gasteiger partial charge on any atom is -0.334 e. The van der Waals surface area contributed by atoms with Gasteiger partial charge in [0.05, 0.1) is 0 Å². The van der Waals surface area contributed by atoms with Crippen LogP contribution >= 0.6 is 0 Å². The summed E-state index contributed by atoms with van der Waals surface area (Å²) < 4.78 is 5.45. The number of rotatable bonds is 4. The standard InChI is InChI=1S/C15H20N4O/c1-19(2)9-7-14-17-15(20-18-14)13-5-3-4-11-10-16-8-6-12(11)13/h3-5,16H,6-10H2,1-2H3. The first-order valence-electron chi connectivity index (χ1n) is 7.03. The maximum atomic E-state index is 5.45. The molecule has 106 valence electrons. The molecule has 0 unspecified atom stereocenters. The Hall–Kier alpha value is -1.72. The van der Waals surface area contributed by atoms with Gasteiger partial charge in [-0.3, -0.25) is 0 Å². The first-order chi connectivity index (χ1) is 9.74. The summed E-state index contributed by atoms with van der Waals surface area (Å²) in [6.07, 6.45) is 1.83. The van der Waals surface area contributed by atoms with Crippen LogP contribution in [0.1, 0.15) is 17.0 Å². The average Bonchev–Trinajstić information content (AvgIpc) is 2.93. The number of aromatic nitrogens is 2. The van der Waals surface area contributed by atoms with Crippen molar-refractivity contribution in [3.63, 3.8) is 0 Å². The second-order valence-corrected chi connectivity index (χ2v) is 5.44. The highest BCUT2D eigenvalue weighted by atomic mass is 16.5. The summed E-state index contributed by atoms with van der Waals surface area (Å²) in [6.45, 7) is 2.85. The second kappa shape index (κ2) is 5.73. The normalized spacial score (nSPS) is 14.6. The predicted octanol–water partition coefficient (Wildman–Crippen LogP) is 1.49. The van der Waals surface area contributed by atoms with Crippen LogP contribution in [0, 0.1) is 0 Å². The number of nitrogens with one attached hydrogen (secondary N) is 1. The van der Waals surface area contributed by atoms with Gasteiger partial charge in [0.2, 0.25) is 0 Å². The lowest BCUT2D eigenvalue weighted by Crippen LogP contribution is -2.24. The molecule has 3 rings (SSSR count). The van der Waals surface area contributed by atoms with Crippen LogP contribution in [-0.2, 0) is 19.4 Å². The van der Waals surface area contributed by atoms with Crippen molar-refractivity contribution in [1.29, 1.82) is 0 Å². The van der Waals surface area contributed by atoms with Crippen molar-refractivity contribution >= 4 is 0 Å². The van der Waals surface area contributed by atoms with E-state index in [0.717, 1.165) is 43.9 Å². The van der Waals surface area contributed by atoms with E-state index in [1.54, 1.807) is 0 Å². The van der Waals surface area contributed by atoms with E-state index in [9.17, 15) is 0 Å². The smallest absolute Gasteiger partial charge is 0.258 e. The van der Waals surface area contributed by atoms with E-state index < -0.39 is 0 Å². The average molecular weight is 272 g/mol. The van der Waals surface area contributed by atoms with Crippen molar-refractivity contribution in [3.8, 4) is 11.5 Å². The zero-order chi connectivity index (χ0) is 13.9. The van der Waals surface area contributed by atoms with Gasteiger partial charge in [-0.1, -0.05) is 17.3 Å². The maximum absolute atomic E-state index is 5.45. The highest BCUT2D eigenvalue weighted by Crippen LogP contribution is 2.27. The minimum absolute atomic E-state index is 0.650. The monoisotopic (exact) mass is 272 g/mol. The van der Waals surface area contributed by atoms with Crippen molar-refractivity contribution in [2.75, 3.05) is 27.2 Å². The van der Waals surface area contributed by atoms with Gasteiger partial charge >= 0.3 is 0 Å². The van der Waals surface area contributed by atoms with E-state index in [-0.39, 0.29) is 0 Å². The largest absolute Gasteiger partial charge is 0.334 e. The van der Waals surface area contributed by atoms with E-state index >= 15 is 0 Å². The van der Waals surface area contributed by atoms with Crippen LogP contribution < -0.4 is 5.32 Å². The van der Waals surface area contributed by atoms with E-state index in [1.807, 2.05) is 14.1 Å². The van der Waals surface area contributed by atoms with Gasteiger partial charge in [0, 0.05) is 25.1 Å². The fourth-order valence-electron chi connectivity index (χ4n) is 2.52. The van der Waals surface area contributed by atoms with Crippen molar-refractivity contribution in [2.24, 2.45) is 0 Å². The SMILES string of the molecule is CN(C)CCc1noc(-c2cccc3c2CCNC3)n1. The lowest BCUT2D eigenvalue weighted by Gasteiger charge is -2.18. The Morgan fingerprint density at radius 1 is 1.35 bits per heavy atom. The fraction of sp³-hybridized carbons (Fsp3) is 0.467. The fourth-order valence-corrected chi connectivity index (χ4v) is 2.52. The van der Waals surface area contributed by atoms with Crippen molar-refractivity contribution in [1.82, 2.24) is 20.4 Å².